The number of amides is 3. The van der Waals surface area contributed by atoms with Crippen LogP contribution < -0.4 is 5.32 Å². The zero-order valence-corrected chi connectivity index (χ0v) is 15.2. The van der Waals surface area contributed by atoms with Crippen LogP contribution in [0.15, 0.2) is 24.5 Å². The normalized spacial score (nSPS) is 23.2. The van der Waals surface area contributed by atoms with E-state index in [0.717, 1.165) is 31.2 Å². The Morgan fingerprint density at radius 2 is 2.12 bits per heavy atom. The van der Waals surface area contributed by atoms with E-state index >= 15 is 0 Å². The van der Waals surface area contributed by atoms with Gasteiger partial charge in [-0.15, -0.1) is 0 Å². The third kappa shape index (κ3) is 4.03. The Kier molecular flexibility index (Phi) is 5.54. The smallest absolute Gasteiger partial charge is 0.241 e. The lowest BCUT2D eigenvalue weighted by Crippen LogP contribution is -2.46. The Morgan fingerprint density at radius 1 is 1.27 bits per heavy atom. The van der Waals surface area contributed by atoms with Crippen molar-refractivity contribution in [1.82, 2.24) is 20.1 Å². The fourth-order valence-corrected chi connectivity index (χ4v) is 4.06. The van der Waals surface area contributed by atoms with Gasteiger partial charge in [-0.1, -0.05) is 6.07 Å². The zero-order valence-electron chi connectivity index (χ0n) is 15.2. The molecule has 0 saturated carbocycles. The molecule has 2 fully saturated rings. The van der Waals surface area contributed by atoms with Crippen molar-refractivity contribution in [2.75, 3.05) is 19.6 Å². The van der Waals surface area contributed by atoms with Gasteiger partial charge in [0.25, 0.3) is 0 Å². The first-order chi connectivity index (χ1) is 12.5. The van der Waals surface area contributed by atoms with Crippen molar-refractivity contribution in [1.29, 1.82) is 0 Å². The van der Waals surface area contributed by atoms with E-state index in [-0.39, 0.29) is 29.8 Å². The molecule has 1 spiro atoms. The monoisotopic (exact) mass is 358 g/mol. The fraction of sp³-hybridized carbons (Fsp3) is 0.579. The van der Waals surface area contributed by atoms with E-state index in [4.69, 9.17) is 0 Å². The van der Waals surface area contributed by atoms with E-state index in [9.17, 15) is 14.4 Å². The summed E-state index contributed by atoms with van der Waals surface area (Å²) in [7, 11) is 0. The maximum atomic E-state index is 12.5. The van der Waals surface area contributed by atoms with Crippen molar-refractivity contribution in [3.05, 3.63) is 30.1 Å². The molecule has 0 unspecified atom stereocenters. The van der Waals surface area contributed by atoms with Crippen LogP contribution in [-0.2, 0) is 20.9 Å². The highest BCUT2D eigenvalue weighted by molar-refractivity contribution is 5.84. The summed E-state index contributed by atoms with van der Waals surface area (Å²) in [4.78, 5) is 43.8. The van der Waals surface area contributed by atoms with Crippen LogP contribution in [0.3, 0.4) is 0 Å². The van der Waals surface area contributed by atoms with Gasteiger partial charge in [0.05, 0.1) is 6.54 Å². The van der Waals surface area contributed by atoms with E-state index in [1.165, 1.54) is 6.92 Å². The summed E-state index contributed by atoms with van der Waals surface area (Å²) < 4.78 is 0. The van der Waals surface area contributed by atoms with Crippen LogP contribution in [-0.4, -0.2) is 57.7 Å². The number of pyridine rings is 1. The second kappa shape index (κ2) is 7.85. The van der Waals surface area contributed by atoms with Crippen molar-refractivity contribution in [2.24, 2.45) is 0 Å². The second-order valence-corrected chi connectivity index (χ2v) is 7.21. The third-order valence-corrected chi connectivity index (χ3v) is 5.50. The molecule has 2 aliphatic rings. The number of rotatable bonds is 4. The summed E-state index contributed by atoms with van der Waals surface area (Å²) >= 11 is 0. The number of hydrogen-bond donors (Lipinski definition) is 1. The number of carbonyl (C=O) groups is 3. The summed E-state index contributed by atoms with van der Waals surface area (Å²) in [6.45, 7) is 3.32. The molecular weight excluding hydrogens is 332 g/mol. The average molecular weight is 358 g/mol. The lowest BCUT2D eigenvalue weighted by Gasteiger charge is -2.38. The maximum absolute atomic E-state index is 12.5. The molecule has 1 atom stereocenters. The first-order valence-electron chi connectivity index (χ1n) is 9.22. The predicted octanol–water partition coefficient (Wildman–Crippen LogP) is 1.09. The first kappa shape index (κ1) is 18.4. The number of hydrogen-bond acceptors (Lipinski definition) is 4. The molecule has 7 nitrogen and oxygen atoms in total. The molecule has 0 radical (unpaired) electrons. The Hall–Kier alpha value is -2.44. The van der Waals surface area contributed by atoms with Crippen molar-refractivity contribution >= 4 is 17.7 Å². The summed E-state index contributed by atoms with van der Waals surface area (Å²) in [5.41, 5.74) is 0.862. The summed E-state index contributed by atoms with van der Waals surface area (Å²) in [6, 6.07) is 3.88. The molecule has 3 amide bonds. The fourth-order valence-electron chi connectivity index (χ4n) is 4.06. The van der Waals surface area contributed by atoms with E-state index in [0.29, 0.717) is 26.1 Å². The molecule has 1 aromatic rings. The van der Waals surface area contributed by atoms with Crippen LogP contribution in [0, 0.1) is 0 Å². The largest absolute Gasteiger partial charge is 0.347 e. The predicted molar refractivity (Wildman–Crippen MR) is 95.9 cm³/mol. The molecule has 2 aliphatic heterocycles. The van der Waals surface area contributed by atoms with E-state index < -0.39 is 0 Å². The second-order valence-electron chi connectivity index (χ2n) is 7.21. The minimum Gasteiger partial charge on any atom is -0.347 e. The van der Waals surface area contributed by atoms with Crippen LogP contribution in [0.25, 0.3) is 0 Å². The van der Waals surface area contributed by atoms with Gasteiger partial charge in [0, 0.05) is 50.9 Å². The molecule has 0 bridgehead atoms. The van der Waals surface area contributed by atoms with Gasteiger partial charge < -0.3 is 15.1 Å². The van der Waals surface area contributed by atoms with Gasteiger partial charge in [-0.25, -0.2) is 0 Å². The molecule has 7 heteroatoms. The Morgan fingerprint density at radius 3 is 2.85 bits per heavy atom. The van der Waals surface area contributed by atoms with E-state index in [2.05, 4.69) is 10.3 Å². The van der Waals surface area contributed by atoms with Crippen LogP contribution in [0.4, 0.5) is 0 Å². The van der Waals surface area contributed by atoms with Crippen molar-refractivity contribution in [2.45, 2.75) is 51.1 Å². The van der Waals surface area contributed by atoms with Crippen LogP contribution in [0.1, 0.15) is 44.6 Å². The Labute approximate surface area is 153 Å². The Bertz CT molecular complexity index is 679. The highest BCUT2D eigenvalue weighted by atomic mass is 16.2. The summed E-state index contributed by atoms with van der Waals surface area (Å²) in [6.07, 6.45) is 7.50. The summed E-state index contributed by atoms with van der Waals surface area (Å²) in [5.74, 6) is -0.0686. The summed E-state index contributed by atoms with van der Waals surface area (Å²) in [5, 5.41) is 2.57. The van der Waals surface area contributed by atoms with E-state index in [1.807, 2.05) is 21.9 Å². The average Bonchev–Trinajstić information content (AvgIpc) is 2.82. The highest BCUT2D eigenvalue weighted by Gasteiger charge is 2.45. The minimum atomic E-state index is -0.200. The quantitative estimate of drug-likeness (QED) is 0.873. The number of nitrogens with one attached hydrogen (secondary N) is 1. The molecule has 140 valence electrons. The minimum absolute atomic E-state index is 0.0423. The first-order valence-corrected chi connectivity index (χ1v) is 9.22. The molecule has 3 rings (SSSR count). The van der Waals surface area contributed by atoms with Gasteiger partial charge in [0.2, 0.25) is 17.7 Å². The third-order valence-electron chi connectivity index (χ3n) is 5.50. The molecular formula is C19H26N4O3. The molecule has 0 aromatic carbocycles. The van der Waals surface area contributed by atoms with E-state index in [1.54, 1.807) is 12.4 Å². The molecule has 3 heterocycles. The molecule has 26 heavy (non-hydrogen) atoms. The van der Waals surface area contributed by atoms with Gasteiger partial charge in [-0.2, -0.15) is 0 Å². The van der Waals surface area contributed by atoms with Gasteiger partial charge >= 0.3 is 0 Å². The highest BCUT2D eigenvalue weighted by Crippen LogP contribution is 2.40. The molecule has 1 N–H and O–H groups in total. The van der Waals surface area contributed by atoms with Crippen LogP contribution >= 0.6 is 0 Å². The molecule has 1 aromatic heterocycles. The van der Waals surface area contributed by atoms with Crippen LogP contribution in [0.5, 0.6) is 0 Å². The maximum Gasteiger partial charge on any atom is 0.241 e. The van der Waals surface area contributed by atoms with Gasteiger partial charge in [0.1, 0.15) is 0 Å². The van der Waals surface area contributed by atoms with Gasteiger partial charge in [0.15, 0.2) is 0 Å². The number of carbonyl (C=O) groups excluding carboxylic acids is 3. The zero-order chi connectivity index (χ0) is 18.6. The van der Waals surface area contributed by atoms with Crippen molar-refractivity contribution in [3.63, 3.8) is 0 Å². The van der Waals surface area contributed by atoms with Gasteiger partial charge in [-0.3, -0.25) is 19.4 Å². The van der Waals surface area contributed by atoms with Crippen molar-refractivity contribution < 1.29 is 14.4 Å². The number of aromatic nitrogens is 1. The standard InChI is InChI=1S/C19H26N4O3/c1-15(24)21-13-18(26)22-10-3-6-19(8-11-22)7-5-17(25)23(19)14-16-4-2-9-20-12-16/h2,4,9,12H,3,5-8,10-11,13-14H2,1H3,(H,21,24)/t19-/m0/s1. The van der Waals surface area contributed by atoms with Crippen LogP contribution in [0.2, 0.25) is 0 Å². The lowest BCUT2D eigenvalue weighted by molar-refractivity contribution is -0.133. The topological polar surface area (TPSA) is 82.6 Å². The molecule has 0 aliphatic carbocycles. The lowest BCUT2D eigenvalue weighted by atomic mass is 9.87. The Balaban J connectivity index is 1.68. The SMILES string of the molecule is CC(=O)NCC(=O)N1CCC[C@]2(CCC(=O)N2Cc2cccnc2)CC1. The number of nitrogens with zero attached hydrogens (tertiary/aromatic N) is 3. The van der Waals surface area contributed by atoms with Gasteiger partial charge in [-0.05, 0) is 37.3 Å². The van der Waals surface area contributed by atoms with Crippen molar-refractivity contribution in [3.8, 4) is 0 Å². The number of likely N-dealkylation sites (tertiary alicyclic amines) is 2. The molecule has 2 saturated heterocycles.